The Balaban J connectivity index is 1.62. The number of nitrogens with zero attached hydrogens (tertiary/aromatic N) is 5. The van der Waals surface area contributed by atoms with Crippen LogP contribution in [0, 0.1) is 0 Å². The van der Waals surface area contributed by atoms with E-state index in [0.29, 0.717) is 12.2 Å². The van der Waals surface area contributed by atoms with Crippen molar-refractivity contribution in [3.8, 4) is 0 Å². The minimum atomic E-state index is 0.0217. The van der Waals surface area contributed by atoms with E-state index in [2.05, 4.69) is 34.8 Å². The van der Waals surface area contributed by atoms with E-state index in [1.54, 1.807) is 10.7 Å². The van der Waals surface area contributed by atoms with Crippen molar-refractivity contribution in [1.29, 1.82) is 0 Å². The fourth-order valence-corrected chi connectivity index (χ4v) is 3.93. The number of imidazole rings is 1. The highest BCUT2D eigenvalue weighted by molar-refractivity contribution is 5.92. The van der Waals surface area contributed by atoms with Crippen molar-refractivity contribution in [1.82, 2.24) is 24.2 Å². The summed E-state index contributed by atoms with van der Waals surface area (Å²) in [6.45, 7) is 4.65. The highest BCUT2D eigenvalue weighted by Crippen LogP contribution is 2.30. The quantitative estimate of drug-likeness (QED) is 0.725. The molecule has 0 spiro atoms. The first-order chi connectivity index (χ1) is 12.7. The Hall–Kier alpha value is -2.63. The lowest BCUT2D eigenvalue weighted by Gasteiger charge is -2.32. The first-order valence-corrected chi connectivity index (χ1v) is 9.41. The number of benzene rings is 1. The molecule has 1 unspecified atom stereocenters. The summed E-state index contributed by atoms with van der Waals surface area (Å²) in [5, 5.41) is 4.27. The monoisotopic (exact) mass is 351 g/mol. The molecule has 1 saturated heterocycles. The van der Waals surface area contributed by atoms with Crippen LogP contribution in [0.4, 0.5) is 0 Å². The van der Waals surface area contributed by atoms with E-state index in [1.165, 1.54) is 5.52 Å². The van der Waals surface area contributed by atoms with Crippen molar-refractivity contribution in [3.63, 3.8) is 0 Å². The van der Waals surface area contributed by atoms with E-state index < -0.39 is 0 Å². The average molecular weight is 351 g/mol. The van der Waals surface area contributed by atoms with Gasteiger partial charge in [0.15, 0.2) is 0 Å². The van der Waals surface area contributed by atoms with Crippen LogP contribution in [-0.4, -0.2) is 43.2 Å². The van der Waals surface area contributed by atoms with Gasteiger partial charge in [-0.3, -0.25) is 9.48 Å². The number of aryl methyl sites for hydroxylation is 2. The van der Waals surface area contributed by atoms with Crippen molar-refractivity contribution in [2.45, 2.75) is 38.6 Å². The van der Waals surface area contributed by atoms with Gasteiger partial charge in [0.25, 0.3) is 5.91 Å². The molecule has 2 aromatic heterocycles. The number of hydrogen-bond acceptors (Lipinski definition) is 3. The molecular weight excluding hydrogens is 326 g/mol. The molecule has 136 valence electrons. The van der Waals surface area contributed by atoms with Gasteiger partial charge in [0.1, 0.15) is 11.5 Å². The zero-order chi connectivity index (χ0) is 18.1. The molecule has 1 atom stereocenters. The molecule has 1 fully saturated rings. The van der Waals surface area contributed by atoms with Crippen molar-refractivity contribution in [3.05, 3.63) is 48.0 Å². The van der Waals surface area contributed by atoms with Gasteiger partial charge in [0.2, 0.25) is 0 Å². The predicted octanol–water partition coefficient (Wildman–Crippen LogP) is 3.20. The molecule has 26 heavy (non-hydrogen) atoms. The van der Waals surface area contributed by atoms with Crippen LogP contribution < -0.4 is 0 Å². The van der Waals surface area contributed by atoms with Crippen LogP contribution in [0.15, 0.2) is 36.5 Å². The molecule has 1 aliphatic heterocycles. The third-order valence-corrected chi connectivity index (χ3v) is 5.14. The van der Waals surface area contributed by atoms with Crippen LogP contribution in [0.2, 0.25) is 0 Å². The van der Waals surface area contributed by atoms with Gasteiger partial charge < -0.3 is 9.47 Å². The van der Waals surface area contributed by atoms with Crippen LogP contribution >= 0.6 is 0 Å². The molecular formula is C20H25N5O. The zero-order valence-electron chi connectivity index (χ0n) is 15.4. The average Bonchev–Trinajstić information content (AvgIpc) is 3.26. The van der Waals surface area contributed by atoms with Crippen molar-refractivity contribution >= 4 is 16.9 Å². The van der Waals surface area contributed by atoms with Crippen LogP contribution in [0.3, 0.4) is 0 Å². The second-order valence-electron chi connectivity index (χ2n) is 7.08. The summed E-state index contributed by atoms with van der Waals surface area (Å²) in [7, 11) is 1.84. The second-order valence-corrected chi connectivity index (χ2v) is 7.08. The Morgan fingerprint density at radius 2 is 2.12 bits per heavy atom. The topological polar surface area (TPSA) is 56.0 Å². The van der Waals surface area contributed by atoms with Gasteiger partial charge in [-0.25, -0.2) is 4.98 Å². The number of para-hydroxylation sites is 2. The van der Waals surface area contributed by atoms with Gasteiger partial charge in [-0.1, -0.05) is 19.1 Å². The Morgan fingerprint density at radius 3 is 2.88 bits per heavy atom. The van der Waals surface area contributed by atoms with E-state index in [4.69, 9.17) is 4.98 Å². The number of carbonyl (C=O) groups excluding carboxylic acids is 1. The number of piperidine rings is 1. The van der Waals surface area contributed by atoms with E-state index in [9.17, 15) is 4.79 Å². The Morgan fingerprint density at radius 1 is 1.27 bits per heavy atom. The highest BCUT2D eigenvalue weighted by atomic mass is 16.2. The van der Waals surface area contributed by atoms with Gasteiger partial charge in [0, 0.05) is 38.8 Å². The maximum absolute atomic E-state index is 12.8. The van der Waals surface area contributed by atoms with Crippen LogP contribution in [-0.2, 0) is 13.6 Å². The van der Waals surface area contributed by atoms with E-state index >= 15 is 0 Å². The smallest absolute Gasteiger partial charge is 0.274 e. The molecule has 1 aromatic carbocycles. The number of aromatic nitrogens is 4. The third kappa shape index (κ3) is 3.00. The summed E-state index contributed by atoms with van der Waals surface area (Å²) in [4.78, 5) is 19.7. The van der Waals surface area contributed by atoms with E-state index in [-0.39, 0.29) is 11.8 Å². The molecule has 1 aliphatic rings. The summed E-state index contributed by atoms with van der Waals surface area (Å²) in [6, 6.07) is 10.1. The number of amides is 1. The van der Waals surface area contributed by atoms with Gasteiger partial charge >= 0.3 is 0 Å². The van der Waals surface area contributed by atoms with Crippen LogP contribution in [0.1, 0.15) is 48.4 Å². The van der Waals surface area contributed by atoms with Gasteiger partial charge in [-0.15, -0.1) is 0 Å². The predicted molar refractivity (Wildman–Crippen MR) is 101 cm³/mol. The fraction of sp³-hybridized carbons (Fsp3) is 0.450. The Bertz CT molecular complexity index is 925. The number of rotatable bonds is 4. The van der Waals surface area contributed by atoms with Crippen molar-refractivity contribution in [2.24, 2.45) is 7.05 Å². The first kappa shape index (κ1) is 16.8. The number of likely N-dealkylation sites (tertiary alicyclic amines) is 1. The summed E-state index contributed by atoms with van der Waals surface area (Å²) >= 11 is 0. The summed E-state index contributed by atoms with van der Waals surface area (Å²) in [5.41, 5.74) is 2.76. The lowest BCUT2D eigenvalue weighted by molar-refractivity contribution is 0.0696. The van der Waals surface area contributed by atoms with Gasteiger partial charge in [-0.2, -0.15) is 5.10 Å². The molecule has 0 aliphatic carbocycles. The van der Waals surface area contributed by atoms with Crippen molar-refractivity contribution in [2.75, 3.05) is 13.1 Å². The SMILES string of the molecule is CCCn1c(C2CCCN(C(=O)c3ccn(C)n3)C2)nc2ccccc21. The maximum atomic E-state index is 12.8. The highest BCUT2D eigenvalue weighted by Gasteiger charge is 2.29. The summed E-state index contributed by atoms with van der Waals surface area (Å²) in [6.07, 6.45) is 4.95. The lowest BCUT2D eigenvalue weighted by Crippen LogP contribution is -2.40. The number of fused-ring (bicyclic) bond motifs is 1. The van der Waals surface area contributed by atoms with E-state index in [1.807, 2.05) is 24.2 Å². The molecule has 6 nitrogen and oxygen atoms in total. The lowest BCUT2D eigenvalue weighted by atomic mass is 9.96. The number of carbonyl (C=O) groups is 1. The van der Waals surface area contributed by atoms with Crippen molar-refractivity contribution < 1.29 is 4.79 Å². The normalized spacial score (nSPS) is 17.8. The van der Waals surface area contributed by atoms with Crippen LogP contribution in [0.5, 0.6) is 0 Å². The minimum absolute atomic E-state index is 0.0217. The fourth-order valence-electron chi connectivity index (χ4n) is 3.93. The summed E-state index contributed by atoms with van der Waals surface area (Å²) < 4.78 is 4.02. The standard InChI is InChI=1S/C20H25N5O/c1-3-11-25-18-9-5-4-8-16(18)21-19(25)15-7-6-12-24(14-15)20(26)17-10-13-23(2)22-17/h4-5,8-10,13,15H,3,6-7,11-12,14H2,1-2H3. The molecule has 0 N–H and O–H groups in total. The molecule has 1 amide bonds. The first-order valence-electron chi connectivity index (χ1n) is 9.41. The molecule has 0 bridgehead atoms. The van der Waals surface area contributed by atoms with Gasteiger partial charge in [-0.05, 0) is 37.5 Å². The molecule has 3 heterocycles. The second kappa shape index (κ2) is 6.94. The Kier molecular flexibility index (Phi) is 4.49. The molecule has 4 rings (SSSR count). The molecule has 0 radical (unpaired) electrons. The minimum Gasteiger partial charge on any atom is -0.337 e. The zero-order valence-corrected chi connectivity index (χ0v) is 15.4. The van der Waals surface area contributed by atoms with Gasteiger partial charge in [0.05, 0.1) is 11.0 Å². The molecule has 3 aromatic rings. The maximum Gasteiger partial charge on any atom is 0.274 e. The molecule has 0 saturated carbocycles. The number of hydrogen-bond donors (Lipinski definition) is 0. The van der Waals surface area contributed by atoms with Crippen LogP contribution in [0.25, 0.3) is 11.0 Å². The molecule has 6 heteroatoms. The third-order valence-electron chi connectivity index (χ3n) is 5.14. The Labute approximate surface area is 153 Å². The summed E-state index contributed by atoms with van der Waals surface area (Å²) in [5.74, 6) is 1.41. The van der Waals surface area contributed by atoms with E-state index in [0.717, 1.165) is 43.7 Å². The largest absolute Gasteiger partial charge is 0.337 e.